The number of aliphatic carboxylic acids is 1. The van der Waals surface area contributed by atoms with E-state index in [0.29, 0.717) is 5.92 Å². The van der Waals surface area contributed by atoms with Gasteiger partial charge in [0.05, 0.1) is 0 Å². The predicted octanol–water partition coefficient (Wildman–Crippen LogP) is 3.90. The van der Waals surface area contributed by atoms with Gasteiger partial charge in [0, 0.05) is 18.5 Å². The van der Waals surface area contributed by atoms with Crippen molar-refractivity contribution >= 4 is 5.97 Å². The summed E-state index contributed by atoms with van der Waals surface area (Å²) in [6.07, 6.45) is 1.77. The van der Waals surface area contributed by atoms with Crippen LogP contribution >= 0.6 is 0 Å². The standard InChI is InChI=1S/C25H31F2NO4/c1-25(2,13-16-11-18-5-3-4-6-19(18)12-16)28-14-20(29)15-32-21-9-7-17(8-10-22(30)31)23(26)24(21)27/h3-7,9,16,20,28-29H,8,10-15H2,1-2H3,(H,30,31)/t20-/m1/s1. The molecule has 174 valence electrons. The van der Waals surface area contributed by atoms with Gasteiger partial charge in [0.15, 0.2) is 11.6 Å². The second-order valence-electron chi connectivity index (χ2n) is 9.22. The lowest BCUT2D eigenvalue weighted by Crippen LogP contribution is -2.46. The molecular weight excluding hydrogens is 416 g/mol. The van der Waals surface area contributed by atoms with E-state index in [9.17, 15) is 18.7 Å². The van der Waals surface area contributed by atoms with Gasteiger partial charge in [-0.1, -0.05) is 30.3 Å². The van der Waals surface area contributed by atoms with Gasteiger partial charge in [-0.05, 0) is 68.2 Å². The molecule has 0 amide bonds. The van der Waals surface area contributed by atoms with Crippen LogP contribution in [0.15, 0.2) is 36.4 Å². The van der Waals surface area contributed by atoms with Crippen molar-refractivity contribution in [3.05, 3.63) is 64.7 Å². The Hall–Kier alpha value is -2.51. The van der Waals surface area contributed by atoms with Gasteiger partial charge in [0.2, 0.25) is 5.82 Å². The number of hydrogen-bond acceptors (Lipinski definition) is 4. The molecule has 0 aromatic heterocycles. The third kappa shape index (κ3) is 6.50. The number of ether oxygens (including phenoxy) is 1. The van der Waals surface area contributed by atoms with E-state index in [2.05, 4.69) is 43.4 Å². The van der Waals surface area contributed by atoms with Crippen molar-refractivity contribution in [2.75, 3.05) is 13.2 Å². The number of aliphatic hydroxyl groups excluding tert-OH is 1. The Kier molecular flexibility index (Phi) is 7.85. The van der Waals surface area contributed by atoms with Crippen molar-refractivity contribution in [2.24, 2.45) is 5.92 Å². The number of carboxylic acid groups (broad SMARTS) is 1. The van der Waals surface area contributed by atoms with Crippen molar-refractivity contribution in [1.82, 2.24) is 5.32 Å². The molecule has 1 atom stereocenters. The molecule has 0 saturated carbocycles. The number of halogens is 2. The van der Waals surface area contributed by atoms with Gasteiger partial charge in [-0.3, -0.25) is 4.79 Å². The lowest BCUT2D eigenvalue weighted by atomic mass is 9.88. The van der Waals surface area contributed by atoms with Gasteiger partial charge in [-0.25, -0.2) is 4.39 Å². The average molecular weight is 448 g/mol. The number of aliphatic hydroxyl groups is 1. The summed E-state index contributed by atoms with van der Waals surface area (Å²) in [6, 6.07) is 11.1. The summed E-state index contributed by atoms with van der Waals surface area (Å²) in [4.78, 5) is 10.6. The molecular formula is C25H31F2NO4. The van der Waals surface area contributed by atoms with Crippen molar-refractivity contribution in [3.8, 4) is 5.75 Å². The van der Waals surface area contributed by atoms with Gasteiger partial charge in [-0.15, -0.1) is 0 Å². The number of benzene rings is 2. The van der Waals surface area contributed by atoms with E-state index >= 15 is 0 Å². The van der Waals surface area contributed by atoms with Crippen LogP contribution in [-0.4, -0.2) is 41.0 Å². The van der Waals surface area contributed by atoms with E-state index in [1.807, 2.05) is 0 Å². The number of β-amino-alcohol motifs (C(OH)–C–C–N with tert-alkyl or cyclic N) is 1. The first-order chi connectivity index (χ1) is 15.1. The number of rotatable bonds is 11. The molecule has 0 heterocycles. The maximum atomic E-state index is 14.2. The number of fused-ring (bicyclic) bond motifs is 1. The second-order valence-corrected chi connectivity index (χ2v) is 9.22. The molecule has 3 N–H and O–H groups in total. The van der Waals surface area contributed by atoms with Crippen LogP contribution < -0.4 is 10.1 Å². The summed E-state index contributed by atoms with van der Waals surface area (Å²) in [7, 11) is 0. The molecule has 0 spiro atoms. The van der Waals surface area contributed by atoms with Gasteiger partial charge in [-0.2, -0.15) is 4.39 Å². The summed E-state index contributed by atoms with van der Waals surface area (Å²) in [5, 5.41) is 22.3. The van der Waals surface area contributed by atoms with Crippen LogP contribution in [0.5, 0.6) is 5.75 Å². The molecule has 0 radical (unpaired) electrons. The fraction of sp³-hybridized carbons (Fsp3) is 0.480. The summed E-state index contributed by atoms with van der Waals surface area (Å²) in [6.45, 7) is 4.25. The van der Waals surface area contributed by atoms with E-state index < -0.39 is 23.7 Å². The van der Waals surface area contributed by atoms with Crippen LogP contribution in [0.4, 0.5) is 8.78 Å². The van der Waals surface area contributed by atoms with E-state index in [-0.39, 0.29) is 42.8 Å². The highest BCUT2D eigenvalue weighted by atomic mass is 19.2. The maximum absolute atomic E-state index is 14.2. The van der Waals surface area contributed by atoms with Crippen molar-refractivity contribution in [3.63, 3.8) is 0 Å². The number of hydrogen-bond donors (Lipinski definition) is 3. The Bertz CT molecular complexity index is 923. The highest BCUT2D eigenvalue weighted by Crippen LogP contribution is 2.32. The second kappa shape index (κ2) is 10.4. The van der Waals surface area contributed by atoms with E-state index in [1.54, 1.807) is 0 Å². The van der Waals surface area contributed by atoms with Crippen LogP contribution in [0.25, 0.3) is 0 Å². The number of aryl methyl sites for hydroxylation is 1. The van der Waals surface area contributed by atoms with E-state index in [0.717, 1.165) is 19.3 Å². The zero-order valence-corrected chi connectivity index (χ0v) is 18.5. The average Bonchev–Trinajstić information content (AvgIpc) is 3.14. The van der Waals surface area contributed by atoms with E-state index in [1.165, 1.54) is 23.3 Å². The van der Waals surface area contributed by atoms with Gasteiger partial charge in [0.1, 0.15) is 12.7 Å². The minimum atomic E-state index is -1.17. The van der Waals surface area contributed by atoms with Gasteiger partial charge >= 0.3 is 5.97 Å². The Labute approximate surface area is 187 Å². The molecule has 1 aliphatic rings. The molecule has 2 aromatic rings. The Morgan fingerprint density at radius 2 is 1.81 bits per heavy atom. The van der Waals surface area contributed by atoms with Gasteiger partial charge in [0.25, 0.3) is 0 Å². The molecule has 1 aliphatic carbocycles. The third-order valence-corrected chi connectivity index (χ3v) is 5.92. The lowest BCUT2D eigenvalue weighted by molar-refractivity contribution is -0.136. The Morgan fingerprint density at radius 3 is 2.44 bits per heavy atom. The third-order valence-electron chi connectivity index (χ3n) is 5.92. The van der Waals surface area contributed by atoms with Crippen LogP contribution in [0.3, 0.4) is 0 Å². The van der Waals surface area contributed by atoms with Crippen LogP contribution in [0.2, 0.25) is 0 Å². The van der Waals surface area contributed by atoms with Crippen molar-refractivity contribution in [2.45, 2.75) is 57.6 Å². The minimum Gasteiger partial charge on any atom is -0.488 e. The molecule has 0 unspecified atom stereocenters. The first-order valence-corrected chi connectivity index (χ1v) is 11.0. The summed E-state index contributed by atoms with van der Waals surface area (Å²) >= 11 is 0. The molecule has 0 saturated heterocycles. The topological polar surface area (TPSA) is 78.8 Å². The smallest absolute Gasteiger partial charge is 0.303 e. The highest BCUT2D eigenvalue weighted by molar-refractivity contribution is 5.67. The molecule has 3 rings (SSSR count). The van der Waals surface area contributed by atoms with E-state index in [4.69, 9.17) is 9.84 Å². The molecule has 0 fully saturated rings. The molecule has 0 bridgehead atoms. The SMILES string of the molecule is CC(C)(CC1Cc2ccccc2C1)NC[C@@H](O)COc1ccc(CCC(=O)O)c(F)c1F. The summed E-state index contributed by atoms with van der Waals surface area (Å²) < 4.78 is 33.6. The summed E-state index contributed by atoms with van der Waals surface area (Å²) in [5.41, 5.74) is 2.60. The zero-order valence-electron chi connectivity index (χ0n) is 18.5. The monoisotopic (exact) mass is 447 g/mol. The Morgan fingerprint density at radius 1 is 1.16 bits per heavy atom. The normalized spacial score (nSPS) is 14.9. The zero-order chi connectivity index (χ0) is 23.3. The first kappa shape index (κ1) is 24.1. The predicted molar refractivity (Wildman–Crippen MR) is 118 cm³/mol. The fourth-order valence-corrected chi connectivity index (χ4v) is 4.35. The number of carboxylic acids is 1. The quantitative estimate of drug-likeness (QED) is 0.487. The maximum Gasteiger partial charge on any atom is 0.303 e. The molecule has 2 aromatic carbocycles. The van der Waals surface area contributed by atoms with Crippen molar-refractivity contribution in [1.29, 1.82) is 0 Å². The Balaban J connectivity index is 1.45. The number of carbonyl (C=O) groups is 1. The number of nitrogens with one attached hydrogen (secondary N) is 1. The van der Waals surface area contributed by atoms with Crippen LogP contribution in [-0.2, 0) is 24.1 Å². The minimum absolute atomic E-state index is 0.0183. The van der Waals surface area contributed by atoms with Crippen LogP contribution in [0.1, 0.15) is 43.4 Å². The van der Waals surface area contributed by atoms with Gasteiger partial charge < -0.3 is 20.3 Å². The van der Waals surface area contributed by atoms with Crippen molar-refractivity contribution < 1.29 is 28.5 Å². The molecule has 5 nitrogen and oxygen atoms in total. The highest BCUT2D eigenvalue weighted by Gasteiger charge is 2.28. The molecule has 7 heteroatoms. The molecule has 32 heavy (non-hydrogen) atoms. The lowest BCUT2D eigenvalue weighted by Gasteiger charge is -2.30. The largest absolute Gasteiger partial charge is 0.488 e. The summed E-state index contributed by atoms with van der Waals surface area (Å²) in [5.74, 6) is -3.13. The fourth-order valence-electron chi connectivity index (χ4n) is 4.35. The first-order valence-electron chi connectivity index (χ1n) is 11.0. The van der Waals surface area contributed by atoms with Crippen LogP contribution in [0, 0.1) is 17.6 Å². The molecule has 0 aliphatic heterocycles.